The highest BCUT2D eigenvalue weighted by molar-refractivity contribution is 14.0. The van der Waals surface area contributed by atoms with Gasteiger partial charge in [-0.3, -0.25) is 4.99 Å². The van der Waals surface area contributed by atoms with Crippen LogP contribution < -0.4 is 15.5 Å². The maximum absolute atomic E-state index is 14.1. The summed E-state index contributed by atoms with van der Waals surface area (Å²) in [4.78, 5) is 8.59. The zero-order valence-corrected chi connectivity index (χ0v) is 18.7. The second kappa shape index (κ2) is 11.6. The van der Waals surface area contributed by atoms with Crippen LogP contribution in [0.15, 0.2) is 23.2 Å². The van der Waals surface area contributed by atoms with Gasteiger partial charge in [0.2, 0.25) is 0 Å². The standard InChI is InChI=1S/C19H32FN5.HI/c1-5-10-25-11-8-16(9-12-25)23-19(21-2)22-14-15-6-7-18(24(3)4)17(20)13-15;/h6-7,13,16H,5,8-12,14H2,1-4H3,(H2,21,22,23);1H. The molecule has 0 radical (unpaired) electrons. The molecule has 0 aliphatic carbocycles. The highest BCUT2D eigenvalue weighted by Crippen LogP contribution is 2.18. The van der Waals surface area contributed by atoms with Crippen molar-refractivity contribution in [3.05, 3.63) is 29.6 Å². The van der Waals surface area contributed by atoms with E-state index in [1.807, 2.05) is 26.2 Å². The number of anilines is 1. The summed E-state index contributed by atoms with van der Waals surface area (Å²) in [5.74, 6) is 0.585. The predicted molar refractivity (Wildman–Crippen MR) is 119 cm³/mol. The van der Waals surface area contributed by atoms with Crippen LogP contribution in [-0.2, 0) is 6.54 Å². The lowest BCUT2D eigenvalue weighted by Gasteiger charge is -2.32. The molecule has 2 rings (SSSR count). The Hall–Kier alpha value is -1.09. The Morgan fingerprint density at radius 3 is 2.54 bits per heavy atom. The summed E-state index contributed by atoms with van der Waals surface area (Å²) < 4.78 is 14.1. The van der Waals surface area contributed by atoms with Gasteiger partial charge in [0.25, 0.3) is 0 Å². The Morgan fingerprint density at radius 1 is 1.31 bits per heavy atom. The average molecular weight is 477 g/mol. The first kappa shape index (κ1) is 23.0. The monoisotopic (exact) mass is 477 g/mol. The molecule has 0 amide bonds. The van der Waals surface area contributed by atoms with E-state index in [1.165, 1.54) is 13.0 Å². The third-order valence-corrected chi connectivity index (χ3v) is 4.65. The highest BCUT2D eigenvalue weighted by Gasteiger charge is 2.19. The Kier molecular flexibility index (Phi) is 10.2. The van der Waals surface area contributed by atoms with E-state index in [9.17, 15) is 4.39 Å². The second-order valence-corrected chi connectivity index (χ2v) is 6.87. The lowest BCUT2D eigenvalue weighted by atomic mass is 10.1. The van der Waals surface area contributed by atoms with E-state index in [2.05, 4.69) is 27.4 Å². The summed E-state index contributed by atoms with van der Waals surface area (Å²) in [7, 11) is 5.46. The summed E-state index contributed by atoms with van der Waals surface area (Å²) in [6.07, 6.45) is 3.48. The largest absolute Gasteiger partial charge is 0.375 e. The van der Waals surface area contributed by atoms with Gasteiger partial charge in [-0.1, -0.05) is 13.0 Å². The topological polar surface area (TPSA) is 42.9 Å². The number of likely N-dealkylation sites (tertiary alicyclic amines) is 1. The van der Waals surface area contributed by atoms with Gasteiger partial charge in [0.1, 0.15) is 5.82 Å². The van der Waals surface area contributed by atoms with Crippen molar-refractivity contribution in [1.82, 2.24) is 15.5 Å². The van der Waals surface area contributed by atoms with Gasteiger partial charge in [-0.2, -0.15) is 0 Å². The molecule has 0 unspecified atom stereocenters. The first-order valence-electron chi connectivity index (χ1n) is 9.18. The van der Waals surface area contributed by atoms with Crippen molar-refractivity contribution in [1.29, 1.82) is 0 Å². The van der Waals surface area contributed by atoms with Crippen LogP contribution in [0.1, 0.15) is 31.7 Å². The van der Waals surface area contributed by atoms with Crippen molar-refractivity contribution in [3.63, 3.8) is 0 Å². The molecule has 2 N–H and O–H groups in total. The Balaban J connectivity index is 0.00000338. The molecule has 1 aromatic carbocycles. The molecule has 1 aliphatic rings. The highest BCUT2D eigenvalue weighted by atomic mass is 127. The minimum absolute atomic E-state index is 0. The molecule has 1 heterocycles. The number of nitrogens with zero attached hydrogens (tertiary/aromatic N) is 3. The van der Waals surface area contributed by atoms with E-state index in [0.29, 0.717) is 18.3 Å². The molecule has 26 heavy (non-hydrogen) atoms. The first-order valence-corrected chi connectivity index (χ1v) is 9.18. The lowest BCUT2D eigenvalue weighted by molar-refractivity contribution is 0.206. The predicted octanol–water partition coefficient (Wildman–Crippen LogP) is 3.05. The van der Waals surface area contributed by atoms with E-state index in [-0.39, 0.29) is 29.8 Å². The number of benzene rings is 1. The van der Waals surface area contributed by atoms with Crippen LogP contribution in [-0.4, -0.2) is 57.7 Å². The molecule has 1 aliphatic heterocycles. The van der Waals surface area contributed by atoms with E-state index in [0.717, 1.165) is 37.5 Å². The first-order chi connectivity index (χ1) is 12.0. The van der Waals surface area contributed by atoms with Crippen LogP contribution in [0.4, 0.5) is 10.1 Å². The zero-order chi connectivity index (χ0) is 18.2. The quantitative estimate of drug-likeness (QED) is 0.376. The Morgan fingerprint density at radius 2 is 2.00 bits per heavy atom. The molecule has 0 saturated carbocycles. The summed E-state index contributed by atoms with van der Waals surface area (Å²) in [6, 6.07) is 5.79. The number of hydrogen-bond acceptors (Lipinski definition) is 3. The summed E-state index contributed by atoms with van der Waals surface area (Å²) in [6.45, 7) is 6.25. The van der Waals surface area contributed by atoms with Crippen LogP contribution in [0, 0.1) is 5.82 Å². The minimum Gasteiger partial charge on any atom is -0.375 e. The van der Waals surface area contributed by atoms with Gasteiger partial charge in [0, 0.05) is 46.8 Å². The number of guanidine groups is 1. The van der Waals surface area contributed by atoms with Crippen molar-refractivity contribution < 1.29 is 4.39 Å². The van der Waals surface area contributed by atoms with Gasteiger partial charge in [-0.05, 0) is 43.5 Å². The number of nitrogens with one attached hydrogen (secondary N) is 2. The van der Waals surface area contributed by atoms with Gasteiger partial charge >= 0.3 is 0 Å². The van der Waals surface area contributed by atoms with E-state index < -0.39 is 0 Å². The molecule has 1 aromatic rings. The molecule has 1 saturated heterocycles. The molecule has 0 atom stereocenters. The summed E-state index contributed by atoms with van der Waals surface area (Å²) >= 11 is 0. The molecule has 0 spiro atoms. The van der Waals surface area contributed by atoms with E-state index in [4.69, 9.17) is 0 Å². The van der Waals surface area contributed by atoms with Gasteiger partial charge in [0.15, 0.2) is 5.96 Å². The summed E-state index contributed by atoms with van der Waals surface area (Å²) in [5, 5.41) is 6.78. The van der Waals surface area contributed by atoms with Gasteiger partial charge in [-0.15, -0.1) is 24.0 Å². The zero-order valence-electron chi connectivity index (χ0n) is 16.4. The van der Waals surface area contributed by atoms with Crippen molar-refractivity contribution in [2.24, 2.45) is 4.99 Å². The molecule has 0 aromatic heterocycles. The van der Waals surface area contributed by atoms with Gasteiger partial charge < -0.3 is 20.4 Å². The van der Waals surface area contributed by atoms with E-state index >= 15 is 0 Å². The normalized spacial score (nSPS) is 16.1. The molecule has 7 heteroatoms. The molecule has 1 fully saturated rings. The molecule has 0 bridgehead atoms. The average Bonchev–Trinajstić information content (AvgIpc) is 2.60. The molecule has 148 valence electrons. The van der Waals surface area contributed by atoms with Crippen LogP contribution in [0.25, 0.3) is 0 Å². The van der Waals surface area contributed by atoms with Crippen LogP contribution >= 0.6 is 24.0 Å². The van der Waals surface area contributed by atoms with Crippen molar-refractivity contribution in [2.75, 3.05) is 45.7 Å². The maximum atomic E-state index is 14.1. The van der Waals surface area contributed by atoms with Crippen molar-refractivity contribution in [3.8, 4) is 0 Å². The number of piperidine rings is 1. The number of rotatable bonds is 6. The van der Waals surface area contributed by atoms with Crippen molar-refractivity contribution in [2.45, 2.75) is 38.8 Å². The van der Waals surface area contributed by atoms with Crippen LogP contribution in [0.5, 0.6) is 0 Å². The number of hydrogen-bond donors (Lipinski definition) is 2. The Labute approximate surface area is 174 Å². The fourth-order valence-corrected chi connectivity index (χ4v) is 3.21. The van der Waals surface area contributed by atoms with Crippen LogP contribution in [0.3, 0.4) is 0 Å². The molecule has 5 nitrogen and oxygen atoms in total. The third kappa shape index (κ3) is 6.90. The second-order valence-electron chi connectivity index (χ2n) is 6.87. The van der Waals surface area contributed by atoms with E-state index in [1.54, 1.807) is 18.0 Å². The van der Waals surface area contributed by atoms with Gasteiger partial charge in [-0.25, -0.2) is 4.39 Å². The third-order valence-electron chi connectivity index (χ3n) is 4.65. The van der Waals surface area contributed by atoms with Crippen LogP contribution in [0.2, 0.25) is 0 Å². The van der Waals surface area contributed by atoms with Gasteiger partial charge in [0.05, 0.1) is 5.69 Å². The number of aliphatic imine (C=N–C) groups is 1. The fourth-order valence-electron chi connectivity index (χ4n) is 3.21. The lowest BCUT2D eigenvalue weighted by Crippen LogP contribution is -2.48. The molecular formula is C19H33FIN5. The molecular weight excluding hydrogens is 444 g/mol. The Bertz CT molecular complexity index is 571. The SMILES string of the molecule is CCCN1CCC(NC(=NC)NCc2ccc(N(C)C)c(F)c2)CC1.I. The van der Waals surface area contributed by atoms with Crippen molar-refractivity contribution >= 4 is 35.6 Å². The maximum Gasteiger partial charge on any atom is 0.191 e. The number of halogens is 2. The minimum atomic E-state index is -0.199. The smallest absolute Gasteiger partial charge is 0.191 e. The summed E-state index contributed by atoms with van der Waals surface area (Å²) in [5.41, 5.74) is 1.51. The fraction of sp³-hybridized carbons (Fsp3) is 0.632.